The van der Waals surface area contributed by atoms with Gasteiger partial charge in [0.25, 0.3) is 0 Å². The third-order valence-corrected chi connectivity index (χ3v) is 5.76. The van der Waals surface area contributed by atoms with Crippen LogP contribution in [-0.2, 0) is 4.79 Å². The zero-order chi connectivity index (χ0) is 15.0. The number of likely N-dealkylation sites (tertiary alicyclic amines) is 1. The zero-order valence-electron chi connectivity index (χ0n) is 13.5. The number of nitrogens with zero attached hydrogens (tertiary/aromatic N) is 1. The third-order valence-electron chi connectivity index (χ3n) is 5.76. The Morgan fingerprint density at radius 3 is 2.57 bits per heavy atom. The maximum absolute atomic E-state index is 12.1. The molecule has 0 aromatic rings. The van der Waals surface area contributed by atoms with Crippen molar-refractivity contribution < 1.29 is 9.90 Å². The minimum absolute atomic E-state index is 0.214. The molecular weight excluding hydrogens is 264 g/mol. The number of carboxylic acids is 1. The molecule has 0 aromatic heterocycles. The van der Waals surface area contributed by atoms with Crippen LogP contribution < -0.4 is 5.32 Å². The number of aliphatic carboxylic acids is 1. The van der Waals surface area contributed by atoms with Gasteiger partial charge in [-0.1, -0.05) is 6.42 Å². The monoisotopic (exact) mass is 294 g/mol. The van der Waals surface area contributed by atoms with Crippen LogP contribution in [0.3, 0.4) is 0 Å². The summed E-state index contributed by atoms with van der Waals surface area (Å²) in [6.45, 7) is 5.92. The predicted molar refractivity (Wildman–Crippen MR) is 83.3 cm³/mol. The molecule has 0 amide bonds. The lowest BCUT2D eigenvalue weighted by molar-refractivity contribution is -0.148. The minimum Gasteiger partial charge on any atom is -0.480 e. The van der Waals surface area contributed by atoms with E-state index in [0.717, 1.165) is 25.3 Å². The highest BCUT2D eigenvalue weighted by Crippen LogP contribution is 2.43. The van der Waals surface area contributed by atoms with Crippen molar-refractivity contribution in [3.05, 3.63) is 0 Å². The summed E-state index contributed by atoms with van der Waals surface area (Å²) in [6, 6.07) is 0.857. The Labute approximate surface area is 128 Å². The molecule has 2 N–H and O–H groups in total. The van der Waals surface area contributed by atoms with Crippen LogP contribution in [0.25, 0.3) is 0 Å². The molecule has 0 spiro atoms. The van der Waals surface area contributed by atoms with Gasteiger partial charge in [-0.25, -0.2) is 0 Å². The summed E-state index contributed by atoms with van der Waals surface area (Å²) in [5.41, 5.74) is -0.724. The second-order valence-electron chi connectivity index (χ2n) is 7.72. The van der Waals surface area contributed by atoms with Crippen LogP contribution in [0.15, 0.2) is 0 Å². The second-order valence-corrected chi connectivity index (χ2v) is 7.72. The largest absolute Gasteiger partial charge is 0.480 e. The van der Waals surface area contributed by atoms with Gasteiger partial charge in [0.2, 0.25) is 0 Å². The number of fused-ring (bicyclic) bond motifs is 1. The zero-order valence-corrected chi connectivity index (χ0v) is 13.5. The molecule has 4 nitrogen and oxygen atoms in total. The number of hydrogen-bond donors (Lipinski definition) is 2. The second kappa shape index (κ2) is 5.88. The van der Waals surface area contributed by atoms with E-state index in [0.29, 0.717) is 18.5 Å². The molecule has 3 aliphatic rings. The van der Waals surface area contributed by atoms with E-state index in [1.807, 2.05) is 0 Å². The Kier molecular flexibility index (Phi) is 4.28. The van der Waals surface area contributed by atoms with Crippen molar-refractivity contribution in [1.29, 1.82) is 0 Å². The fourth-order valence-corrected chi connectivity index (χ4v) is 4.76. The van der Waals surface area contributed by atoms with Gasteiger partial charge in [-0.15, -0.1) is 0 Å². The minimum atomic E-state index is -0.724. The van der Waals surface area contributed by atoms with Gasteiger partial charge in [0.15, 0.2) is 0 Å². The van der Waals surface area contributed by atoms with Crippen LogP contribution in [-0.4, -0.2) is 46.7 Å². The first-order valence-corrected chi connectivity index (χ1v) is 8.78. The SMILES string of the molecule is CC(C)NC(CN1CCCC2CCCC21)(C(=O)O)C1CC1. The molecule has 1 heterocycles. The first kappa shape index (κ1) is 15.3. The number of carboxylic acid groups (broad SMARTS) is 1. The van der Waals surface area contributed by atoms with Crippen molar-refractivity contribution in [2.45, 2.75) is 76.4 Å². The van der Waals surface area contributed by atoms with Crippen LogP contribution in [0.2, 0.25) is 0 Å². The molecule has 0 bridgehead atoms. The van der Waals surface area contributed by atoms with E-state index in [-0.39, 0.29) is 6.04 Å². The van der Waals surface area contributed by atoms with Crippen molar-refractivity contribution in [3.63, 3.8) is 0 Å². The Morgan fingerprint density at radius 1 is 1.24 bits per heavy atom. The Balaban J connectivity index is 1.78. The molecule has 21 heavy (non-hydrogen) atoms. The van der Waals surface area contributed by atoms with Gasteiger partial charge >= 0.3 is 5.97 Å². The molecule has 2 aliphatic carbocycles. The summed E-state index contributed by atoms with van der Waals surface area (Å²) in [5.74, 6) is 0.501. The van der Waals surface area contributed by atoms with E-state index < -0.39 is 11.5 Å². The van der Waals surface area contributed by atoms with Crippen molar-refractivity contribution in [3.8, 4) is 0 Å². The maximum atomic E-state index is 12.1. The van der Waals surface area contributed by atoms with Gasteiger partial charge in [0.05, 0.1) is 0 Å². The molecule has 0 radical (unpaired) electrons. The highest BCUT2D eigenvalue weighted by atomic mass is 16.4. The predicted octanol–water partition coefficient (Wildman–Crippen LogP) is 2.48. The molecule has 1 aliphatic heterocycles. The maximum Gasteiger partial charge on any atom is 0.325 e. The van der Waals surface area contributed by atoms with E-state index in [4.69, 9.17) is 0 Å². The number of carbonyl (C=O) groups is 1. The Hall–Kier alpha value is -0.610. The van der Waals surface area contributed by atoms with E-state index in [2.05, 4.69) is 24.1 Å². The van der Waals surface area contributed by atoms with E-state index in [1.54, 1.807) is 0 Å². The fourth-order valence-electron chi connectivity index (χ4n) is 4.76. The van der Waals surface area contributed by atoms with Gasteiger partial charge in [0, 0.05) is 18.6 Å². The summed E-state index contributed by atoms with van der Waals surface area (Å²) < 4.78 is 0. The van der Waals surface area contributed by atoms with E-state index >= 15 is 0 Å². The Bertz CT molecular complexity index is 394. The third kappa shape index (κ3) is 2.98. The molecular formula is C17H30N2O2. The van der Waals surface area contributed by atoms with Crippen molar-refractivity contribution in [2.75, 3.05) is 13.1 Å². The van der Waals surface area contributed by atoms with Crippen molar-refractivity contribution in [1.82, 2.24) is 10.2 Å². The lowest BCUT2D eigenvalue weighted by atomic mass is 9.86. The summed E-state index contributed by atoms with van der Waals surface area (Å²) in [6.07, 6.45) is 8.66. The summed E-state index contributed by atoms with van der Waals surface area (Å²) in [4.78, 5) is 14.6. The van der Waals surface area contributed by atoms with E-state index in [1.165, 1.54) is 32.1 Å². The van der Waals surface area contributed by atoms with Crippen LogP contribution >= 0.6 is 0 Å². The van der Waals surface area contributed by atoms with Crippen molar-refractivity contribution in [2.24, 2.45) is 11.8 Å². The van der Waals surface area contributed by atoms with Crippen molar-refractivity contribution >= 4 is 5.97 Å². The van der Waals surface area contributed by atoms with Gasteiger partial charge in [-0.3, -0.25) is 15.0 Å². The lowest BCUT2D eigenvalue weighted by Crippen LogP contribution is -2.64. The van der Waals surface area contributed by atoms with Gasteiger partial charge in [-0.2, -0.15) is 0 Å². The van der Waals surface area contributed by atoms with Gasteiger partial charge in [0.1, 0.15) is 5.54 Å². The first-order chi connectivity index (χ1) is 10.0. The molecule has 3 unspecified atom stereocenters. The number of nitrogens with one attached hydrogen (secondary N) is 1. The van der Waals surface area contributed by atoms with Crippen LogP contribution in [0.4, 0.5) is 0 Å². The Morgan fingerprint density at radius 2 is 1.95 bits per heavy atom. The number of hydrogen-bond acceptors (Lipinski definition) is 3. The topological polar surface area (TPSA) is 52.6 Å². The standard InChI is InChI=1S/C17H30N2O2/c1-12(2)18-17(16(20)21,14-8-9-14)11-19-10-4-6-13-5-3-7-15(13)19/h12-15,18H,3-11H2,1-2H3,(H,20,21). The molecule has 4 heteroatoms. The van der Waals surface area contributed by atoms with Crippen LogP contribution in [0.5, 0.6) is 0 Å². The summed E-state index contributed by atoms with van der Waals surface area (Å²) >= 11 is 0. The van der Waals surface area contributed by atoms with Gasteiger partial charge in [-0.05, 0) is 70.8 Å². The molecule has 3 atom stereocenters. The molecule has 3 rings (SSSR count). The summed E-state index contributed by atoms with van der Waals surface area (Å²) in [5, 5.41) is 13.4. The number of piperidine rings is 1. The molecule has 3 fully saturated rings. The highest BCUT2D eigenvalue weighted by Gasteiger charge is 2.53. The fraction of sp³-hybridized carbons (Fsp3) is 0.941. The quantitative estimate of drug-likeness (QED) is 0.790. The normalized spacial score (nSPS) is 32.9. The van der Waals surface area contributed by atoms with E-state index in [9.17, 15) is 9.90 Å². The smallest absolute Gasteiger partial charge is 0.325 e. The van der Waals surface area contributed by atoms with Crippen LogP contribution in [0.1, 0.15) is 58.8 Å². The van der Waals surface area contributed by atoms with Gasteiger partial charge < -0.3 is 5.11 Å². The molecule has 0 aromatic carbocycles. The average Bonchev–Trinajstić information content (AvgIpc) is 3.16. The lowest BCUT2D eigenvalue weighted by Gasteiger charge is -2.44. The van der Waals surface area contributed by atoms with Crippen LogP contribution in [0, 0.1) is 11.8 Å². The first-order valence-electron chi connectivity index (χ1n) is 8.78. The number of rotatable bonds is 6. The average molecular weight is 294 g/mol. The highest BCUT2D eigenvalue weighted by molar-refractivity contribution is 5.80. The molecule has 1 saturated heterocycles. The molecule has 2 saturated carbocycles. The molecule has 120 valence electrons. The summed E-state index contributed by atoms with van der Waals surface area (Å²) in [7, 11) is 0.